The second kappa shape index (κ2) is 7.13. The summed E-state index contributed by atoms with van der Waals surface area (Å²) < 4.78 is 28.2. The van der Waals surface area contributed by atoms with E-state index in [9.17, 15) is 13.2 Å². The number of sulfonamides is 1. The van der Waals surface area contributed by atoms with Gasteiger partial charge in [-0.05, 0) is 47.4 Å². The topological polar surface area (TPSA) is 66.5 Å². The minimum absolute atomic E-state index is 0.0461. The van der Waals surface area contributed by atoms with Crippen molar-refractivity contribution in [3.05, 3.63) is 78.4 Å². The summed E-state index contributed by atoms with van der Waals surface area (Å²) in [7, 11) is -3.72. The lowest BCUT2D eigenvalue weighted by Crippen LogP contribution is -2.25. The van der Waals surface area contributed by atoms with Gasteiger partial charge in [-0.15, -0.1) is 0 Å². The molecule has 4 rings (SSSR count). The maximum atomic E-state index is 12.8. The summed E-state index contributed by atoms with van der Waals surface area (Å²) in [5, 5.41) is 0. The van der Waals surface area contributed by atoms with Crippen molar-refractivity contribution in [1.29, 1.82) is 0 Å². The molecule has 1 N–H and O–H groups in total. The monoisotopic (exact) mass is 392 g/mol. The van der Waals surface area contributed by atoms with E-state index >= 15 is 0 Å². The summed E-state index contributed by atoms with van der Waals surface area (Å²) in [6.07, 6.45) is 0.781. The summed E-state index contributed by atoms with van der Waals surface area (Å²) in [6, 6.07) is 21.9. The largest absolute Gasteiger partial charge is 0.312 e. The maximum absolute atomic E-state index is 12.8. The first-order valence-electron chi connectivity index (χ1n) is 9.03. The second-order valence-corrected chi connectivity index (χ2v) is 8.44. The highest BCUT2D eigenvalue weighted by Crippen LogP contribution is 2.32. The van der Waals surface area contributed by atoms with Gasteiger partial charge in [0, 0.05) is 19.2 Å². The van der Waals surface area contributed by atoms with Crippen LogP contribution in [0.25, 0.3) is 11.1 Å². The van der Waals surface area contributed by atoms with Crippen molar-refractivity contribution < 1.29 is 13.2 Å². The van der Waals surface area contributed by atoms with Gasteiger partial charge in [-0.1, -0.05) is 48.5 Å². The molecule has 1 heterocycles. The first-order chi connectivity index (χ1) is 13.4. The molecule has 0 aliphatic carbocycles. The van der Waals surface area contributed by atoms with Crippen molar-refractivity contribution in [2.75, 3.05) is 16.2 Å². The van der Waals surface area contributed by atoms with E-state index in [-0.39, 0.29) is 10.8 Å². The summed E-state index contributed by atoms with van der Waals surface area (Å²) >= 11 is 0. The summed E-state index contributed by atoms with van der Waals surface area (Å²) in [5.74, 6) is -0.0461. The minimum atomic E-state index is -3.72. The van der Waals surface area contributed by atoms with Gasteiger partial charge < -0.3 is 4.90 Å². The number of carbonyl (C=O) groups is 1. The minimum Gasteiger partial charge on any atom is -0.312 e. The summed E-state index contributed by atoms with van der Waals surface area (Å²) in [6.45, 7) is 2.14. The van der Waals surface area contributed by atoms with Crippen LogP contribution in [0.15, 0.2) is 77.7 Å². The highest BCUT2D eigenvalue weighted by molar-refractivity contribution is 7.92. The maximum Gasteiger partial charge on any atom is 0.261 e. The Morgan fingerprint density at radius 1 is 0.929 bits per heavy atom. The molecule has 5 nitrogen and oxygen atoms in total. The van der Waals surface area contributed by atoms with Crippen LogP contribution >= 0.6 is 0 Å². The van der Waals surface area contributed by atoms with Gasteiger partial charge in [0.2, 0.25) is 5.91 Å². The molecule has 0 unspecified atom stereocenters. The van der Waals surface area contributed by atoms with Crippen LogP contribution in [0.2, 0.25) is 0 Å². The molecular weight excluding hydrogens is 372 g/mol. The third-order valence-electron chi connectivity index (χ3n) is 4.88. The number of hydrogen-bond acceptors (Lipinski definition) is 3. The Morgan fingerprint density at radius 2 is 1.61 bits per heavy atom. The second-order valence-electron chi connectivity index (χ2n) is 6.76. The van der Waals surface area contributed by atoms with Gasteiger partial charge in [-0.3, -0.25) is 9.52 Å². The molecule has 28 heavy (non-hydrogen) atoms. The quantitative estimate of drug-likeness (QED) is 0.728. The Labute approximate surface area is 164 Å². The Kier molecular flexibility index (Phi) is 4.65. The third kappa shape index (κ3) is 3.51. The fourth-order valence-electron chi connectivity index (χ4n) is 3.44. The van der Waals surface area contributed by atoms with Gasteiger partial charge in [0.1, 0.15) is 0 Å². The van der Waals surface area contributed by atoms with E-state index in [0.717, 1.165) is 28.8 Å². The average molecular weight is 392 g/mol. The smallest absolute Gasteiger partial charge is 0.261 e. The van der Waals surface area contributed by atoms with Crippen LogP contribution in [0.4, 0.5) is 11.4 Å². The number of carbonyl (C=O) groups excluding carboxylic acids is 1. The zero-order chi connectivity index (χ0) is 19.7. The highest BCUT2D eigenvalue weighted by atomic mass is 32.2. The van der Waals surface area contributed by atoms with Crippen molar-refractivity contribution in [2.24, 2.45) is 0 Å². The molecule has 0 spiro atoms. The normalized spacial score (nSPS) is 13.2. The lowest BCUT2D eigenvalue weighted by atomic mass is 10.1. The van der Waals surface area contributed by atoms with E-state index in [0.29, 0.717) is 12.2 Å². The molecule has 0 radical (unpaired) electrons. The number of nitrogens with zero attached hydrogens (tertiary/aromatic N) is 1. The van der Waals surface area contributed by atoms with Crippen molar-refractivity contribution >= 4 is 27.3 Å². The Hall–Kier alpha value is -3.12. The first kappa shape index (κ1) is 18.3. The fourth-order valence-corrected chi connectivity index (χ4v) is 4.49. The van der Waals surface area contributed by atoms with Crippen molar-refractivity contribution in [3.63, 3.8) is 0 Å². The Morgan fingerprint density at radius 3 is 2.29 bits per heavy atom. The number of anilines is 2. The van der Waals surface area contributed by atoms with E-state index in [4.69, 9.17) is 0 Å². The van der Waals surface area contributed by atoms with Gasteiger partial charge in [0.05, 0.1) is 10.6 Å². The summed E-state index contributed by atoms with van der Waals surface area (Å²) in [4.78, 5) is 13.6. The molecule has 0 saturated heterocycles. The predicted molar refractivity (Wildman–Crippen MR) is 111 cm³/mol. The number of fused-ring (bicyclic) bond motifs is 1. The average Bonchev–Trinajstić information content (AvgIpc) is 3.12. The first-order valence-corrected chi connectivity index (χ1v) is 10.5. The third-order valence-corrected chi connectivity index (χ3v) is 6.28. The molecule has 6 heteroatoms. The molecule has 0 aromatic heterocycles. The van der Waals surface area contributed by atoms with E-state index in [1.165, 1.54) is 6.92 Å². The lowest BCUT2D eigenvalue weighted by Gasteiger charge is -2.16. The number of rotatable bonds is 4. The Bertz CT molecular complexity index is 1120. The molecule has 0 fully saturated rings. The van der Waals surface area contributed by atoms with Gasteiger partial charge in [0.15, 0.2) is 0 Å². The van der Waals surface area contributed by atoms with Gasteiger partial charge in [-0.25, -0.2) is 8.42 Å². The van der Waals surface area contributed by atoms with Crippen molar-refractivity contribution in [1.82, 2.24) is 0 Å². The van der Waals surface area contributed by atoms with Crippen LogP contribution in [0.5, 0.6) is 0 Å². The van der Waals surface area contributed by atoms with Gasteiger partial charge >= 0.3 is 0 Å². The van der Waals surface area contributed by atoms with Crippen LogP contribution in [-0.2, 0) is 21.2 Å². The molecule has 1 aliphatic heterocycles. The van der Waals surface area contributed by atoms with E-state index in [2.05, 4.69) is 4.72 Å². The number of amides is 1. The van der Waals surface area contributed by atoms with Crippen LogP contribution in [-0.4, -0.2) is 20.9 Å². The predicted octanol–water partition coefficient (Wildman–Crippen LogP) is 4.06. The molecule has 0 bridgehead atoms. The fraction of sp³-hybridized carbons (Fsp3) is 0.136. The molecule has 142 valence electrons. The standard InChI is InChI=1S/C22H20N2O3S/c1-16(25)24-14-13-19-7-10-20(15-22(19)24)23-28(26,27)21-11-8-18(9-12-21)17-5-3-2-4-6-17/h2-12,15,23H,13-14H2,1H3. The van der Waals surface area contributed by atoms with E-state index in [1.807, 2.05) is 36.4 Å². The summed E-state index contributed by atoms with van der Waals surface area (Å²) in [5.41, 5.74) is 4.24. The van der Waals surface area contributed by atoms with Gasteiger partial charge in [-0.2, -0.15) is 0 Å². The SMILES string of the molecule is CC(=O)N1CCc2ccc(NS(=O)(=O)c3ccc(-c4ccccc4)cc3)cc21. The van der Waals surface area contributed by atoms with Crippen LogP contribution in [0.1, 0.15) is 12.5 Å². The van der Waals surface area contributed by atoms with E-state index < -0.39 is 10.0 Å². The molecule has 1 aliphatic rings. The Balaban J connectivity index is 1.58. The van der Waals surface area contributed by atoms with Crippen LogP contribution in [0, 0.1) is 0 Å². The van der Waals surface area contributed by atoms with E-state index in [1.54, 1.807) is 41.3 Å². The molecular formula is C22H20N2O3S. The zero-order valence-corrected chi connectivity index (χ0v) is 16.2. The van der Waals surface area contributed by atoms with Crippen LogP contribution in [0.3, 0.4) is 0 Å². The van der Waals surface area contributed by atoms with Crippen LogP contribution < -0.4 is 9.62 Å². The lowest BCUT2D eigenvalue weighted by molar-refractivity contribution is -0.116. The molecule has 1 amide bonds. The van der Waals surface area contributed by atoms with Gasteiger partial charge in [0.25, 0.3) is 10.0 Å². The highest BCUT2D eigenvalue weighted by Gasteiger charge is 2.23. The molecule has 0 atom stereocenters. The number of benzene rings is 3. The zero-order valence-electron chi connectivity index (χ0n) is 15.4. The molecule has 3 aromatic rings. The molecule has 0 saturated carbocycles. The number of hydrogen-bond donors (Lipinski definition) is 1. The molecule has 3 aromatic carbocycles. The van der Waals surface area contributed by atoms with Crippen molar-refractivity contribution in [2.45, 2.75) is 18.2 Å². The number of nitrogens with one attached hydrogen (secondary N) is 1. The van der Waals surface area contributed by atoms with Crippen molar-refractivity contribution in [3.8, 4) is 11.1 Å².